The molecule has 1 unspecified atom stereocenters. The van der Waals surface area contributed by atoms with Crippen LogP contribution in [0.25, 0.3) is 11.5 Å². The molecule has 1 saturated heterocycles. The summed E-state index contributed by atoms with van der Waals surface area (Å²) in [7, 11) is 1.93. The highest BCUT2D eigenvalue weighted by Crippen LogP contribution is 2.31. The number of carbonyl (C=O) groups excluding carboxylic acids is 1. The molecule has 1 atom stereocenters. The average molecular weight is 457 g/mol. The molecule has 1 amide bonds. The van der Waals surface area contributed by atoms with Crippen LogP contribution in [0.2, 0.25) is 0 Å². The predicted octanol–water partition coefficient (Wildman–Crippen LogP) is 4.02. The fourth-order valence-electron chi connectivity index (χ4n) is 4.54. The lowest BCUT2D eigenvalue weighted by Gasteiger charge is -2.33. The van der Waals surface area contributed by atoms with Crippen LogP contribution >= 0.6 is 0 Å². The molecule has 8 heteroatoms. The number of nitrogens with zero attached hydrogens (tertiary/aromatic N) is 6. The minimum absolute atomic E-state index is 0.0324. The molecule has 0 spiro atoms. The zero-order chi connectivity index (χ0) is 23.5. The molecule has 5 rings (SSSR count). The van der Waals surface area contributed by atoms with Crippen LogP contribution in [-0.4, -0.2) is 48.4 Å². The van der Waals surface area contributed by atoms with Gasteiger partial charge in [0.25, 0.3) is 5.91 Å². The maximum Gasteiger partial charge on any atom is 0.253 e. The summed E-state index contributed by atoms with van der Waals surface area (Å²) in [5.74, 6) is 0.530. The van der Waals surface area contributed by atoms with Gasteiger partial charge in [-0.1, -0.05) is 12.1 Å². The van der Waals surface area contributed by atoms with E-state index in [4.69, 9.17) is 0 Å². The van der Waals surface area contributed by atoms with Gasteiger partial charge in [-0.25, -0.2) is 14.4 Å². The van der Waals surface area contributed by atoms with Gasteiger partial charge in [0, 0.05) is 74.7 Å². The summed E-state index contributed by atoms with van der Waals surface area (Å²) >= 11 is 0. The van der Waals surface area contributed by atoms with Crippen molar-refractivity contribution in [1.29, 1.82) is 0 Å². The van der Waals surface area contributed by atoms with Crippen molar-refractivity contribution in [2.24, 2.45) is 7.05 Å². The summed E-state index contributed by atoms with van der Waals surface area (Å²) < 4.78 is 15.5. The third-order valence-electron chi connectivity index (χ3n) is 6.19. The lowest BCUT2D eigenvalue weighted by Crippen LogP contribution is -2.39. The average Bonchev–Trinajstić information content (AvgIpc) is 3.29. The number of carbonyl (C=O) groups is 1. The molecule has 7 nitrogen and oxygen atoms in total. The van der Waals surface area contributed by atoms with Crippen LogP contribution in [0.1, 0.15) is 46.1 Å². The monoisotopic (exact) mass is 456 g/mol. The second kappa shape index (κ2) is 9.51. The minimum atomic E-state index is -0.280. The summed E-state index contributed by atoms with van der Waals surface area (Å²) in [5.41, 5.74) is 3.77. The summed E-state index contributed by atoms with van der Waals surface area (Å²) in [6, 6.07) is 9.99. The van der Waals surface area contributed by atoms with Crippen molar-refractivity contribution < 1.29 is 9.18 Å². The van der Waals surface area contributed by atoms with Crippen LogP contribution in [0, 0.1) is 5.82 Å². The van der Waals surface area contributed by atoms with Crippen molar-refractivity contribution in [2.75, 3.05) is 13.1 Å². The van der Waals surface area contributed by atoms with Crippen LogP contribution in [0.15, 0.2) is 67.4 Å². The zero-order valence-electron chi connectivity index (χ0n) is 18.9. The van der Waals surface area contributed by atoms with E-state index in [9.17, 15) is 9.18 Å². The topological polar surface area (TPSA) is 76.8 Å². The van der Waals surface area contributed by atoms with Gasteiger partial charge in [-0.05, 0) is 42.7 Å². The quantitative estimate of drug-likeness (QED) is 0.453. The molecular weight excluding hydrogens is 431 g/mol. The Morgan fingerprint density at radius 2 is 1.94 bits per heavy atom. The highest BCUT2D eigenvalue weighted by Gasteiger charge is 2.29. The number of rotatable bonds is 5. The number of amides is 1. The Morgan fingerprint density at radius 3 is 2.76 bits per heavy atom. The van der Waals surface area contributed by atoms with E-state index in [2.05, 4.69) is 19.9 Å². The van der Waals surface area contributed by atoms with Crippen molar-refractivity contribution in [3.05, 3.63) is 95.7 Å². The second-order valence-corrected chi connectivity index (χ2v) is 8.58. The third-order valence-corrected chi connectivity index (χ3v) is 6.19. The van der Waals surface area contributed by atoms with Crippen molar-refractivity contribution in [3.63, 3.8) is 0 Å². The highest BCUT2D eigenvalue weighted by molar-refractivity contribution is 5.94. The smallest absolute Gasteiger partial charge is 0.253 e. The molecular formula is C26H25FN6O. The molecule has 4 aromatic rings. The fourth-order valence-corrected chi connectivity index (χ4v) is 4.54. The van der Waals surface area contributed by atoms with Crippen molar-refractivity contribution in [1.82, 2.24) is 29.4 Å². The Kier molecular flexibility index (Phi) is 6.12. The highest BCUT2D eigenvalue weighted by atomic mass is 19.1. The normalized spacial score (nSPS) is 15.9. The molecule has 0 aliphatic carbocycles. The van der Waals surface area contributed by atoms with Crippen LogP contribution < -0.4 is 0 Å². The Morgan fingerprint density at radius 1 is 1.06 bits per heavy atom. The molecule has 1 aliphatic heterocycles. The molecule has 0 radical (unpaired) electrons. The Hall–Kier alpha value is -3.94. The standard InChI is InChI=1S/C26H25FN6O/c1-32-13-11-31-25(32)24-23(29-9-10-30-24)20-5-3-12-33(17-20)26(34)19-7-8-28-22(16-19)15-18-4-2-6-21(27)14-18/h2,4,6-11,13-14,16,20H,3,5,12,15,17H2,1H3. The van der Waals surface area contributed by atoms with Gasteiger partial charge in [0.05, 0.1) is 5.69 Å². The lowest BCUT2D eigenvalue weighted by molar-refractivity contribution is 0.0705. The molecule has 3 aromatic heterocycles. The first-order valence-electron chi connectivity index (χ1n) is 11.4. The first kappa shape index (κ1) is 21.9. The van der Waals surface area contributed by atoms with E-state index in [1.165, 1.54) is 12.1 Å². The van der Waals surface area contributed by atoms with Gasteiger partial charge in [-0.3, -0.25) is 14.8 Å². The summed E-state index contributed by atoms with van der Waals surface area (Å²) in [5, 5.41) is 0. The van der Waals surface area contributed by atoms with Crippen LogP contribution in [0.5, 0.6) is 0 Å². The number of imidazole rings is 1. The van der Waals surface area contributed by atoms with Gasteiger partial charge in [-0.2, -0.15) is 0 Å². The molecule has 34 heavy (non-hydrogen) atoms. The van der Waals surface area contributed by atoms with E-state index in [-0.39, 0.29) is 17.6 Å². The van der Waals surface area contributed by atoms with E-state index in [1.54, 1.807) is 43.0 Å². The van der Waals surface area contributed by atoms with E-state index < -0.39 is 0 Å². The van der Waals surface area contributed by atoms with E-state index >= 15 is 0 Å². The van der Waals surface area contributed by atoms with E-state index in [0.29, 0.717) is 25.1 Å². The van der Waals surface area contributed by atoms with Gasteiger partial charge >= 0.3 is 0 Å². The number of likely N-dealkylation sites (tertiary alicyclic amines) is 1. The van der Waals surface area contributed by atoms with Gasteiger partial charge in [-0.15, -0.1) is 0 Å². The number of hydrogen-bond acceptors (Lipinski definition) is 5. The molecule has 1 aliphatic rings. The molecule has 1 aromatic carbocycles. The number of hydrogen-bond donors (Lipinski definition) is 0. The van der Waals surface area contributed by atoms with Crippen LogP contribution in [-0.2, 0) is 13.5 Å². The molecule has 4 heterocycles. The number of aromatic nitrogens is 5. The summed E-state index contributed by atoms with van der Waals surface area (Å²) in [6.07, 6.45) is 10.9. The number of benzene rings is 1. The maximum atomic E-state index is 13.5. The maximum absolute atomic E-state index is 13.5. The first-order chi connectivity index (χ1) is 16.6. The van der Waals surface area contributed by atoms with Gasteiger partial charge in [0.1, 0.15) is 11.5 Å². The predicted molar refractivity (Wildman–Crippen MR) is 126 cm³/mol. The molecule has 172 valence electrons. The van der Waals surface area contributed by atoms with Crippen molar-refractivity contribution >= 4 is 5.91 Å². The fraction of sp³-hybridized carbons (Fsp3) is 0.269. The third kappa shape index (κ3) is 4.57. The molecule has 0 bridgehead atoms. The Labute approximate surface area is 197 Å². The second-order valence-electron chi connectivity index (χ2n) is 8.58. The Balaban J connectivity index is 1.35. The summed E-state index contributed by atoms with van der Waals surface area (Å²) in [4.78, 5) is 33.3. The minimum Gasteiger partial charge on any atom is -0.338 e. The number of pyridine rings is 1. The molecule has 1 fully saturated rings. The SMILES string of the molecule is Cn1ccnc1-c1nccnc1C1CCCN(C(=O)c2ccnc(Cc3cccc(F)c3)c2)C1. The lowest BCUT2D eigenvalue weighted by atomic mass is 9.92. The van der Waals surface area contributed by atoms with Crippen LogP contribution in [0.4, 0.5) is 4.39 Å². The number of halogens is 1. The van der Waals surface area contributed by atoms with Crippen LogP contribution in [0.3, 0.4) is 0 Å². The number of piperidine rings is 1. The van der Waals surface area contributed by atoms with Crippen molar-refractivity contribution in [2.45, 2.75) is 25.2 Å². The molecule has 0 saturated carbocycles. The number of aryl methyl sites for hydroxylation is 1. The van der Waals surface area contributed by atoms with Gasteiger partial charge in [0.2, 0.25) is 0 Å². The zero-order valence-corrected chi connectivity index (χ0v) is 18.9. The van der Waals surface area contributed by atoms with Gasteiger partial charge in [0.15, 0.2) is 5.82 Å². The molecule has 0 N–H and O–H groups in total. The van der Waals surface area contributed by atoms with E-state index in [0.717, 1.165) is 41.3 Å². The first-order valence-corrected chi connectivity index (χ1v) is 11.4. The largest absolute Gasteiger partial charge is 0.338 e. The Bertz CT molecular complexity index is 1320. The van der Waals surface area contributed by atoms with E-state index in [1.807, 2.05) is 28.8 Å². The van der Waals surface area contributed by atoms with Crippen molar-refractivity contribution in [3.8, 4) is 11.5 Å². The van der Waals surface area contributed by atoms with Gasteiger partial charge < -0.3 is 9.47 Å². The summed E-state index contributed by atoms with van der Waals surface area (Å²) in [6.45, 7) is 1.26.